The van der Waals surface area contributed by atoms with Crippen LogP contribution in [0.2, 0.25) is 0 Å². The smallest absolute Gasteiger partial charge is 0.406 e. The molecule has 2 aliphatic heterocycles. The van der Waals surface area contributed by atoms with Gasteiger partial charge in [-0.3, -0.25) is 9.69 Å². The van der Waals surface area contributed by atoms with E-state index in [9.17, 15) is 26.4 Å². The molecule has 3 aliphatic rings. The number of alkyl halides is 3. The van der Waals surface area contributed by atoms with Crippen molar-refractivity contribution in [3.05, 3.63) is 48.2 Å². The molecule has 3 N–H and O–H groups in total. The van der Waals surface area contributed by atoms with Gasteiger partial charge in [-0.2, -0.15) is 13.2 Å². The van der Waals surface area contributed by atoms with Crippen molar-refractivity contribution in [2.45, 2.75) is 68.7 Å². The number of nitrogens with one attached hydrogen (secondary N) is 3. The zero-order chi connectivity index (χ0) is 34.1. The molecule has 1 aliphatic carbocycles. The summed E-state index contributed by atoms with van der Waals surface area (Å²) in [5.74, 6) is 5.35. The van der Waals surface area contributed by atoms with Crippen LogP contribution in [0, 0.1) is 17.3 Å². The lowest BCUT2D eigenvalue weighted by Crippen LogP contribution is -2.68. The first-order valence-electron chi connectivity index (χ1n) is 16.1. The van der Waals surface area contributed by atoms with Crippen molar-refractivity contribution in [3.8, 4) is 17.6 Å². The second kappa shape index (κ2) is 13.5. The average molecular weight is 688 g/mol. The molecule has 0 radical (unpaired) electrons. The zero-order valence-corrected chi connectivity index (χ0v) is 27.8. The lowest BCUT2D eigenvalue weighted by molar-refractivity contribution is -0.200. The Hall–Kier alpha value is -3.93. The second-order valence-corrected chi connectivity index (χ2v) is 14.6. The Bertz CT molecular complexity index is 1830. The molecule has 3 heterocycles. The molecule has 1 saturated carbocycles. The predicted molar refractivity (Wildman–Crippen MR) is 176 cm³/mol. The number of anilines is 2. The number of amides is 1. The van der Waals surface area contributed by atoms with Gasteiger partial charge in [-0.05, 0) is 61.9 Å². The molecule has 0 atom stereocenters. The first-order chi connectivity index (χ1) is 22.9. The zero-order valence-electron chi connectivity index (χ0n) is 27.0. The number of hydrogen-bond acceptors (Lipinski definition) is 8. The van der Waals surface area contributed by atoms with Crippen molar-refractivity contribution in [2.75, 3.05) is 50.6 Å². The van der Waals surface area contributed by atoms with Crippen molar-refractivity contribution in [3.63, 3.8) is 0 Å². The van der Waals surface area contributed by atoms with Crippen molar-refractivity contribution in [2.24, 2.45) is 5.41 Å². The maximum Gasteiger partial charge on any atom is 0.406 e. The standard InChI is InChI=1S/C34H40F3N5O5S/c1-3-32(43)40-48(44,45)26-13-14-29(31(17-26)46-2)38-15-5-6-25-16-27-28(7-4-8-30(27)42(25)20-34(35,36)37)39-23-9-11-24(12-10-23)41-18-33(19-41)21-47-22-33/h4,7-8,13-14,16-17,23-24,38-39H,3,9-12,15,18-22H2,1-2H3,(H,40,43)/t23-,24-. The number of rotatable bonds is 10. The highest BCUT2D eigenvalue weighted by atomic mass is 32.2. The molecule has 1 amide bonds. The fraction of sp³-hybridized carbons (Fsp3) is 0.500. The van der Waals surface area contributed by atoms with E-state index >= 15 is 0 Å². The van der Waals surface area contributed by atoms with Crippen LogP contribution >= 0.6 is 0 Å². The van der Waals surface area contributed by atoms with Gasteiger partial charge in [0.1, 0.15) is 12.3 Å². The highest BCUT2D eigenvalue weighted by Gasteiger charge is 2.50. The van der Waals surface area contributed by atoms with E-state index in [1.807, 2.05) is 10.8 Å². The summed E-state index contributed by atoms with van der Waals surface area (Å²) in [6.07, 6.45) is -0.287. The van der Waals surface area contributed by atoms with E-state index in [2.05, 4.69) is 27.4 Å². The van der Waals surface area contributed by atoms with Gasteiger partial charge >= 0.3 is 6.18 Å². The Kier molecular flexibility index (Phi) is 9.57. The molecule has 0 bridgehead atoms. The summed E-state index contributed by atoms with van der Waals surface area (Å²) in [4.78, 5) is 14.0. The van der Waals surface area contributed by atoms with Gasteiger partial charge in [-0.15, -0.1) is 0 Å². The Morgan fingerprint density at radius 3 is 2.48 bits per heavy atom. The van der Waals surface area contributed by atoms with E-state index in [4.69, 9.17) is 9.47 Å². The molecule has 48 heavy (non-hydrogen) atoms. The van der Waals surface area contributed by atoms with E-state index in [1.165, 1.54) is 36.8 Å². The molecule has 1 aromatic heterocycles. The topological polar surface area (TPSA) is 114 Å². The molecule has 0 unspecified atom stereocenters. The molecular weight excluding hydrogens is 647 g/mol. The third-order valence-corrected chi connectivity index (χ3v) is 10.8. The van der Waals surface area contributed by atoms with Crippen molar-refractivity contribution < 1.29 is 35.9 Å². The maximum absolute atomic E-state index is 13.7. The molecule has 14 heteroatoms. The van der Waals surface area contributed by atoms with Gasteiger partial charge in [0, 0.05) is 54.1 Å². The van der Waals surface area contributed by atoms with Gasteiger partial charge in [0.05, 0.1) is 48.7 Å². The van der Waals surface area contributed by atoms with Crippen LogP contribution in [0.4, 0.5) is 24.5 Å². The monoisotopic (exact) mass is 687 g/mol. The first kappa shape index (κ1) is 34.0. The van der Waals surface area contributed by atoms with E-state index in [1.54, 1.807) is 18.2 Å². The van der Waals surface area contributed by atoms with Crippen LogP contribution in [0.25, 0.3) is 10.9 Å². The second-order valence-electron chi connectivity index (χ2n) is 12.9. The number of carbonyl (C=O) groups is 1. The fourth-order valence-corrected chi connectivity index (χ4v) is 7.93. The summed E-state index contributed by atoms with van der Waals surface area (Å²) in [6.45, 7) is 4.39. The summed E-state index contributed by atoms with van der Waals surface area (Å²) in [5.41, 5.74) is 2.29. The van der Waals surface area contributed by atoms with Gasteiger partial charge in [0.25, 0.3) is 10.0 Å². The molecule has 1 spiro atoms. The lowest BCUT2D eigenvalue weighted by atomic mass is 9.75. The number of hydrogen-bond donors (Lipinski definition) is 3. The van der Waals surface area contributed by atoms with Crippen LogP contribution in [-0.4, -0.2) is 82.0 Å². The number of carbonyl (C=O) groups excluding carboxylic acids is 1. The average Bonchev–Trinajstić information content (AvgIpc) is 3.34. The van der Waals surface area contributed by atoms with Crippen LogP contribution < -0.4 is 20.1 Å². The maximum atomic E-state index is 13.7. The largest absolute Gasteiger partial charge is 0.495 e. The van der Waals surface area contributed by atoms with Crippen LogP contribution in [0.1, 0.15) is 44.7 Å². The summed E-state index contributed by atoms with van der Waals surface area (Å²) >= 11 is 0. The summed E-state index contributed by atoms with van der Waals surface area (Å²) < 4.78 is 80.1. The van der Waals surface area contributed by atoms with Crippen molar-refractivity contribution in [1.29, 1.82) is 0 Å². The number of sulfonamides is 1. The number of methoxy groups -OCH3 is 1. The van der Waals surface area contributed by atoms with Gasteiger partial charge < -0.3 is 24.7 Å². The van der Waals surface area contributed by atoms with Gasteiger partial charge in [-0.1, -0.05) is 18.9 Å². The van der Waals surface area contributed by atoms with Crippen LogP contribution in [0.15, 0.2) is 47.4 Å². The molecule has 2 saturated heterocycles. The molecule has 3 aromatic rings. The summed E-state index contributed by atoms with van der Waals surface area (Å²) in [5, 5.41) is 7.33. The molecule has 6 rings (SSSR count). The third-order valence-electron chi connectivity index (χ3n) is 9.39. The first-order valence-corrected chi connectivity index (χ1v) is 17.6. The number of likely N-dealkylation sites (tertiary alicyclic amines) is 1. The highest BCUT2D eigenvalue weighted by molar-refractivity contribution is 7.90. The number of benzene rings is 2. The minimum atomic E-state index is -4.45. The van der Waals surface area contributed by atoms with Gasteiger partial charge in [0.2, 0.25) is 5.91 Å². The number of ether oxygens (including phenoxy) is 2. The Morgan fingerprint density at radius 2 is 1.83 bits per heavy atom. The number of aromatic nitrogens is 1. The predicted octanol–water partition coefficient (Wildman–Crippen LogP) is 4.95. The minimum Gasteiger partial charge on any atom is -0.495 e. The van der Waals surface area contributed by atoms with Gasteiger partial charge in [-0.25, -0.2) is 13.1 Å². The molecule has 3 fully saturated rings. The Labute approximate surface area is 278 Å². The van der Waals surface area contributed by atoms with Crippen LogP contribution in [0.5, 0.6) is 5.75 Å². The Morgan fingerprint density at radius 1 is 1.08 bits per heavy atom. The van der Waals surface area contributed by atoms with E-state index in [-0.39, 0.29) is 35.3 Å². The van der Waals surface area contributed by atoms with E-state index < -0.39 is 28.7 Å². The van der Waals surface area contributed by atoms with Crippen molar-refractivity contribution >= 4 is 38.2 Å². The van der Waals surface area contributed by atoms with Crippen LogP contribution in [0.3, 0.4) is 0 Å². The lowest BCUT2D eigenvalue weighted by Gasteiger charge is -2.58. The number of halogens is 3. The third kappa shape index (κ3) is 7.38. The molecule has 2 aromatic carbocycles. The number of fused-ring (bicyclic) bond motifs is 1. The minimum absolute atomic E-state index is 0.00568. The fourth-order valence-electron chi connectivity index (χ4n) is 6.86. The molecule has 10 nitrogen and oxygen atoms in total. The molecular formula is C34H40F3N5O5S. The van der Waals surface area contributed by atoms with Crippen LogP contribution in [-0.2, 0) is 26.1 Å². The van der Waals surface area contributed by atoms with E-state index in [0.29, 0.717) is 28.0 Å². The summed E-state index contributed by atoms with van der Waals surface area (Å²) in [7, 11) is -2.71. The Balaban J connectivity index is 1.15. The highest BCUT2D eigenvalue weighted by Crippen LogP contribution is 2.41. The SMILES string of the molecule is CCC(=O)NS(=O)(=O)c1ccc(NCC#Cc2cc3c(N[C@H]4CC[C@H](N5CC6(COC6)C5)CC4)cccc3n2CC(F)(F)F)c(OC)c1. The van der Waals surface area contributed by atoms with Gasteiger partial charge in [0.15, 0.2) is 0 Å². The van der Waals surface area contributed by atoms with Crippen molar-refractivity contribution in [1.82, 2.24) is 14.2 Å². The van der Waals surface area contributed by atoms with E-state index in [0.717, 1.165) is 57.7 Å². The normalized spacial score (nSPS) is 20.7. The number of nitrogens with zero attached hydrogens (tertiary/aromatic N) is 2. The molecule has 258 valence electrons. The summed E-state index contributed by atoms with van der Waals surface area (Å²) in [6, 6.07) is 11.9. The quantitative estimate of drug-likeness (QED) is 0.257.